The van der Waals surface area contributed by atoms with Gasteiger partial charge in [-0.25, -0.2) is 9.18 Å². The minimum atomic E-state index is -4.58. The van der Waals surface area contributed by atoms with E-state index in [4.69, 9.17) is 0 Å². The molecule has 2 heterocycles. The first-order valence-corrected chi connectivity index (χ1v) is 7.07. The second kappa shape index (κ2) is 5.77. The van der Waals surface area contributed by atoms with Gasteiger partial charge in [-0.3, -0.25) is 0 Å². The third-order valence-corrected chi connectivity index (χ3v) is 3.72. The van der Waals surface area contributed by atoms with Crippen LogP contribution in [0.3, 0.4) is 0 Å². The number of fused-ring (bicyclic) bond motifs is 1. The molecule has 0 saturated carbocycles. The lowest BCUT2D eigenvalue weighted by Gasteiger charge is -2.28. The van der Waals surface area contributed by atoms with Crippen molar-refractivity contribution in [3.63, 3.8) is 0 Å². The van der Waals surface area contributed by atoms with Gasteiger partial charge in [0.15, 0.2) is 5.82 Å². The lowest BCUT2D eigenvalue weighted by atomic mass is 10.2. The van der Waals surface area contributed by atoms with Crippen molar-refractivity contribution >= 4 is 11.7 Å². The Hall–Kier alpha value is -2.65. The fourth-order valence-electron chi connectivity index (χ4n) is 2.50. The lowest BCUT2D eigenvalue weighted by Crippen LogP contribution is -2.41. The molecule has 0 spiro atoms. The van der Waals surface area contributed by atoms with Crippen molar-refractivity contribution < 1.29 is 22.4 Å². The third-order valence-electron chi connectivity index (χ3n) is 3.72. The van der Waals surface area contributed by atoms with Crippen LogP contribution < -0.4 is 5.32 Å². The Kier molecular flexibility index (Phi) is 3.90. The number of aryl methyl sites for hydroxylation is 1. The number of hydrogen-bond acceptors (Lipinski definition) is 3. The SMILES string of the molecule is Cc1cc(F)ccc1NC(=O)N1CCn2c(nnc2C(F)(F)F)C1. The predicted molar refractivity (Wildman–Crippen MR) is 75.6 cm³/mol. The summed E-state index contributed by atoms with van der Waals surface area (Å²) in [5.74, 6) is -1.41. The maximum atomic E-state index is 13.1. The molecule has 0 radical (unpaired) electrons. The van der Waals surface area contributed by atoms with E-state index in [0.717, 1.165) is 4.57 Å². The Bertz CT molecular complexity index is 786. The van der Waals surface area contributed by atoms with Gasteiger partial charge >= 0.3 is 12.2 Å². The zero-order valence-corrected chi connectivity index (χ0v) is 12.6. The molecule has 1 aliphatic rings. The second-order valence-corrected chi connectivity index (χ2v) is 5.40. The summed E-state index contributed by atoms with van der Waals surface area (Å²) in [7, 11) is 0. The molecule has 0 saturated heterocycles. The Morgan fingerprint density at radius 1 is 1.25 bits per heavy atom. The van der Waals surface area contributed by atoms with Crippen LogP contribution in [-0.4, -0.2) is 32.2 Å². The Morgan fingerprint density at radius 3 is 2.67 bits per heavy atom. The summed E-state index contributed by atoms with van der Waals surface area (Å²) in [6.45, 7) is 1.59. The number of nitrogens with zero attached hydrogens (tertiary/aromatic N) is 4. The number of urea groups is 1. The molecule has 6 nitrogen and oxygen atoms in total. The van der Waals surface area contributed by atoms with Crippen LogP contribution >= 0.6 is 0 Å². The van der Waals surface area contributed by atoms with Crippen LogP contribution in [-0.2, 0) is 19.3 Å². The molecule has 1 aromatic carbocycles. The standard InChI is InChI=1S/C14H13F4N5O/c1-8-6-9(15)2-3-10(8)19-13(24)22-4-5-23-11(7-22)20-21-12(23)14(16,17)18/h2-3,6H,4-5,7H2,1H3,(H,19,24). The van der Waals surface area contributed by atoms with Crippen LogP contribution in [0.15, 0.2) is 18.2 Å². The summed E-state index contributed by atoms with van der Waals surface area (Å²) in [6, 6.07) is 3.42. The number of carbonyl (C=O) groups is 1. The first kappa shape index (κ1) is 16.2. The van der Waals surface area contributed by atoms with Gasteiger partial charge in [-0.15, -0.1) is 10.2 Å². The van der Waals surface area contributed by atoms with Crippen molar-refractivity contribution in [3.8, 4) is 0 Å². The Morgan fingerprint density at radius 2 is 2.00 bits per heavy atom. The van der Waals surface area contributed by atoms with Crippen LogP contribution in [0.5, 0.6) is 0 Å². The average molecular weight is 343 g/mol. The minimum Gasteiger partial charge on any atom is -0.315 e. The van der Waals surface area contributed by atoms with E-state index >= 15 is 0 Å². The minimum absolute atomic E-state index is 0.0486. The van der Waals surface area contributed by atoms with Crippen molar-refractivity contribution in [2.45, 2.75) is 26.2 Å². The van der Waals surface area contributed by atoms with Gasteiger partial charge in [0.2, 0.25) is 5.82 Å². The number of alkyl halides is 3. The highest BCUT2D eigenvalue weighted by Crippen LogP contribution is 2.29. The number of aromatic nitrogens is 3. The van der Waals surface area contributed by atoms with Crippen molar-refractivity contribution in [1.29, 1.82) is 0 Å². The van der Waals surface area contributed by atoms with Gasteiger partial charge in [-0.1, -0.05) is 0 Å². The molecule has 24 heavy (non-hydrogen) atoms. The molecule has 10 heteroatoms. The number of amides is 2. The largest absolute Gasteiger partial charge is 0.451 e. The van der Waals surface area contributed by atoms with Gasteiger partial charge in [0.05, 0.1) is 6.54 Å². The molecule has 0 fully saturated rings. The van der Waals surface area contributed by atoms with E-state index in [1.54, 1.807) is 6.92 Å². The first-order valence-electron chi connectivity index (χ1n) is 7.07. The predicted octanol–water partition coefficient (Wildman–Crippen LogP) is 2.79. The highest BCUT2D eigenvalue weighted by Gasteiger charge is 2.39. The topological polar surface area (TPSA) is 63.1 Å². The molecule has 1 N–H and O–H groups in total. The van der Waals surface area contributed by atoms with Gasteiger partial charge in [0.25, 0.3) is 0 Å². The average Bonchev–Trinajstić information content (AvgIpc) is 2.93. The van der Waals surface area contributed by atoms with E-state index in [9.17, 15) is 22.4 Å². The molecule has 1 aromatic heterocycles. The summed E-state index contributed by atoms with van der Waals surface area (Å²) >= 11 is 0. The Balaban J connectivity index is 1.73. The van der Waals surface area contributed by atoms with Crippen LogP contribution in [0.2, 0.25) is 0 Å². The fourth-order valence-corrected chi connectivity index (χ4v) is 2.50. The van der Waals surface area contributed by atoms with E-state index in [0.29, 0.717) is 11.3 Å². The van der Waals surface area contributed by atoms with Gasteiger partial charge in [0.1, 0.15) is 5.82 Å². The van der Waals surface area contributed by atoms with Crippen LogP contribution in [0.1, 0.15) is 17.2 Å². The van der Waals surface area contributed by atoms with Crippen LogP contribution in [0.25, 0.3) is 0 Å². The van der Waals surface area contributed by atoms with Gasteiger partial charge < -0.3 is 14.8 Å². The van der Waals surface area contributed by atoms with Gasteiger partial charge in [-0.2, -0.15) is 13.2 Å². The molecule has 128 valence electrons. The highest BCUT2D eigenvalue weighted by atomic mass is 19.4. The summed E-state index contributed by atoms with van der Waals surface area (Å²) in [6.07, 6.45) is -4.58. The summed E-state index contributed by atoms with van der Waals surface area (Å²) < 4.78 is 52.4. The molecule has 0 bridgehead atoms. The summed E-state index contributed by atoms with van der Waals surface area (Å²) in [5.41, 5.74) is 0.979. The normalized spacial score (nSPS) is 14.5. The van der Waals surface area contributed by atoms with E-state index in [1.807, 2.05) is 0 Å². The fraction of sp³-hybridized carbons (Fsp3) is 0.357. The number of rotatable bonds is 1. The monoisotopic (exact) mass is 343 g/mol. The molecule has 2 aromatic rings. The molecule has 0 unspecified atom stereocenters. The summed E-state index contributed by atoms with van der Waals surface area (Å²) in [4.78, 5) is 13.6. The number of anilines is 1. The molecule has 3 rings (SSSR count). The molecule has 1 aliphatic heterocycles. The van der Waals surface area contributed by atoms with Crippen LogP contribution in [0, 0.1) is 12.7 Å². The zero-order chi connectivity index (χ0) is 17.5. The van der Waals surface area contributed by atoms with Crippen molar-refractivity contribution in [1.82, 2.24) is 19.7 Å². The second-order valence-electron chi connectivity index (χ2n) is 5.40. The zero-order valence-electron chi connectivity index (χ0n) is 12.6. The first-order chi connectivity index (χ1) is 11.3. The number of nitrogens with one attached hydrogen (secondary N) is 1. The van der Waals surface area contributed by atoms with E-state index < -0.39 is 23.8 Å². The number of benzene rings is 1. The summed E-state index contributed by atoms with van der Waals surface area (Å²) in [5, 5.41) is 9.29. The highest BCUT2D eigenvalue weighted by molar-refractivity contribution is 5.90. The van der Waals surface area contributed by atoms with Gasteiger partial charge in [0, 0.05) is 18.8 Å². The van der Waals surface area contributed by atoms with Crippen molar-refractivity contribution in [2.75, 3.05) is 11.9 Å². The smallest absolute Gasteiger partial charge is 0.315 e. The lowest BCUT2D eigenvalue weighted by molar-refractivity contribution is -0.147. The Labute approximate surface area is 134 Å². The van der Waals surface area contributed by atoms with Crippen molar-refractivity contribution in [3.05, 3.63) is 41.2 Å². The van der Waals surface area contributed by atoms with Gasteiger partial charge in [-0.05, 0) is 30.7 Å². The quantitative estimate of drug-likeness (QED) is 0.810. The van der Waals surface area contributed by atoms with E-state index in [1.165, 1.54) is 23.1 Å². The molecular formula is C14H13F4N5O. The molecule has 0 atom stereocenters. The van der Waals surface area contributed by atoms with E-state index in [2.05, 4.69) is 15.5 Å². The van der Waals surface area contributed by atoms with Crippen molar-refractivity contribution in [2.24, 2.45) is 0 Å². The third kappa shape index (κ3) is 3.03. The molecule has 0 aliphatic carbocycles. The maximum absolute atomic E-state index is 13.1. The number of hydrogen-bond donors (Lipinski definition) is 1. The number of carbonyl (C=O) groups excluding carboxylic acids is 1. The van der Waals surface area contributed by atoms with E-state index in [-0.39, 0.29) is 25.5 Å². The maximum Gasteiger partial charge on any atom is 0.451 e. The molecular weight excluding hydrogens is 330 g/mol. The van der Waals surface area contributed by atoms with Crippen LogP contribution in [0.4, 0.5) is 28.0 Å². The number of halogens is 4. The molecule has 2 amide bonds.